The van der Waals surface area contributed by atoms with Crippen LogP contribution in [0.3, 0.4) is 0 Å². The van der Waals surface area contributed by atoms with Crippen LogP contribution in [0.15, 0.2) is 75.9 Å². The van der Waals surface area contributed by atoms with Gasteiger partial charge in [0, 0.05) is 16.3 Å². The third-order valence-corrected chi connectivity index (χ3v) is 4.68. The maximum absolute atomic E-state index is 12.2. The van der Waals surface area contributed by atoms with Gasteiger partial charge in [0.05, 0.1) is 10.9 Å². The number of hydrogen-bond acceptors (Lipinski definition) is 5. The first-order valence-corrected chi connectivity index (χ1v) is 9.56. The predicted octanol–water partition coefficient (Wildman–Crippen LogP) is 4.83. The van der Waals surface area contributed by atoms with Crippen LogP contribution in [0.4, 0.5) is 5.69 Å². The molecule has 1 N–H and O–H groups in total. The summed E-state index contributed by atoms with van der Waals surface area (Å²) in [5.74, 6) is 0.521. The van der Waals surface area contributed by atoms with Crippen LogP contribution in [0, 0.1) is 6.92 Å². The number of para-hydroxylation sites is 1. The SMILES string of the molecule is Cc1cc(Cl)ccc1OCC(=O)Nc1ccc(-c2nc3ccccc3c(=O)o2)cc1. The summed E-state index contributed by atoms with van der Waals surface area (Å²) < 4.78 is 10.9. The smallest absolute Gasteiger partial charge is 0.347 e. The fourth-order valence-electron chi connectivity index (χ4n) is 2.95. The number of fused-ring (bicyclic) bond motifs is 1. The monoisotopic (exact) mass is 420 g/mol. The van der Waals surface area contributed by atoms with Gasteiger partial charge in [-0.05, 0) is 67.1 Å². The third kappa shape index (κ3) is 4.34. The highest BCUT2D eigenvalue weighted by Crippen LogP contribution is 2.23. The average molecular weight is 421 g/mol. The lowest BCUT2D eigenvalue weighted by molar-refractivity contribution is -0.118. The van der Waals surface area contributed by atoms with E-state index in [-0.39, 0.29) is 18.4 Å². The maximum Gasteiger partial charge on any atom is 0.347 e. The van der Waals surface area contributed by atoms with Crippen LogP contribution >= 0.6 is 11.6 Å². The highest BCUT2D eigenvalue weighted by Gasteiger charge is 2.10. The molecule has 1 aromatic heterocycles. The van der Waals surface area contributed by atoms with Crippen LogP contribution in [0.2, 0.25) is 5.02 Å². The van der Waals surface area contributed by atoms with Crippen LogP contribution in [0.1, 0.15) is 5.56 Å². The second-order valence-electron chi connectivity index (χ2n) is 6.65. The average Bonchev–Trinajstić information content (AvgIpc) is 2.73. The minimum Gasteiger partial charge on any atom is -0.483 e. The van der Waals surface area contributed by atoms with E-state index in [1.807, 2.05) is 13.0 Å². The summed E-state index contributed by atoms with van der Waals surface area (Å²) in [7, 11) is 0. The molecule has 0 spiro atoms. The molecule has 0 bridgehead atoms. The van der Waals surface area contributed by atoms with Crippen LogP contribution in [-0.4, -0.2) is 17.5 Å². The molecule has 30 heavy (non-hydrogen) atoms. The van der Waals surface area contributed by atoms with Gasteiger partial charge in [0.15, 0.2) is 6.61 Å². The quantitative estimate of drug-likeness (QED) is 0.500. The van der Waals surface area contributed by atoms with E-state index >= 15 is 0 Å². The maximum atomic E-state index is 12.2. The summed E-state index contributed by atoms with van der Waals surface area (Å²) in [6, 6.07) is 19.1. The molecular formula is C23H17ClN2O4. The summed E-state index contributed by atoms with van der Waals surface area (Å²) in [4.78, 5) is 28.7. The van der Waals surface area contributed by atoms with Gasteiger partial charge >= 0.3 is 5.63 Å². The first-order chi connectivity index (χ1) is 14.5. The van der Waals surface area contributed by atoms with E-state index in [1.165, 1.54) is 0 Å². The second kappa shape index (κ2) is 8.39. The zero-order chi connectivity index (χ0) is 21.1. The van der Waals surface area contributed by atoms with Gasteiger partial charge in [-0.1, -0.05) is 23.7 Å². The van der Waals surface area contributed by atoms with Crippen molar-refractivity contribution < 1.29 is 13.9 Å². The Balaban J connectivity index is 1.43. The lowest BCUT2D eigenvalue weighted by atomic mass is 10.2. The zero-order valence-corrected chi connectivity index (χ0v) is 16.8. The Kier molecular flexibility index (Phi) is 5.50. The Hall–Kier alpha value is -3.64. The summed E-state index contributed by atoms with van der Waals surface area (Å²) >= 11 is 5.92. The van der Waals surface area contributed by atoms with Crippen molar-refractivity contribution in [1.29, 1.82) is 0 Å². The Morgan fingerprint density at radius 3 is 2.63 bits per heavy atom. The molecular weight excluding hydrogens is 404 g/mol. The molecule has 4 aromatic rings. The molecule has 0 aliphatic carbocycles. The number of hydrogen-bond donors (Lipinski definition) is 1. The van der Waals surface area contributed by atoms with Gasteiger partial charge in [0.1, 0.15) is 5.75 Å². The van der Waals surface area contributed by atoms with E-state index in [2.05, 4.69) is 10.3 Å². The topological polar surface area (TPSA) is 81.4 Å². The van der Waals surface area contributed by atoms with Crippen molar-refractivity contribution in [2.75, 3.05) is 11.9 Å². The number of aromatic nitrogens is 1. The van der Waals surface area contributed by atoms with Crippen LogP contribution in [0.25, 0.3) is 22.4 Å². The number of benzene rings is 3. The van der Waals surface area contributed by atoms with Gasteiger partial charge < -0.3 is 14.5 Å². The number of aryl methyl sites for hydroxylation is 1. The Morgan fingerprint density at radius 2 is 1.87 bits per heavy atom. The summed E-state index contributed by atoms with van der Waals surface area (Å²) in [5, 5.41) is 3.80. The fourth-order valence-corrected chi connectivity index (χ4v) is 3.18. The first-order valence-electron chi connectivity index (χ1n) is 9.19. The highest BCUT2D eigenvalue weighted by molar-refractivity contribution is 6.30. The van der Waals surface area contributed by atoms with Crippen molar-refractivity contribution >= 4 is 34.1 Å². The van der Waals surface area contributed by atoms with Gasteiger partial charge in [-0.3, -0.25) is 4.79 Å². The number of anilines is 1. The normalized spacial score (nSPS) is 10.7. The number of nitrogens with zero attached hydrogens (tertiary/aromatic N) is 1. The molecule has 0 aliphatic rings. The number of halogens is 1. The van der Waals surface area contributed by atoms with Crippen LogP contribution in [-0.2, 0) is 4.79 Å². The standard InChI is InChI=1S/C23H17ClN2O4/c1-14-12-16(24)8-11-20(14)29-13-21(27)25-17-9-6-15(7-10-17)22-26-19-5-3-2-4-18(19)23(28)30-22/h2-12H,13H2,1H3,(H,25,27). The zero-order valence-electron chi connectivity index (χ0n) is 16.0. The predicted molar refractivity (Wildman–Crippen MR) is 116 cm³/mol. The van der Waals surface area contributed by atoms with Gasteiger partial charge in [0.25, 0.3) is 5.91 Å². The molecule has 150 valence electrons. The number of nitrogens with one attached hydrogen (secondary N) is 1. The first kappa shape index (κ1) is 19.7. The van der Waals surface area contributed by atoms with Crippen molar-refractivity contribution in [3.63, 3.8) is 0 Å². The van der Waals surface area contributed by atoms with Crippen LogP contribution in [0.5, 0.6) is 5.75 Å². The molecule has 0 aliphatic heterocycles. The fraction of sp³-hybridized carbons (Fsp3) is 0.0870. The van der Waals surface area contributed by atoms with E-state index in [4.69, 9.17) is 20.8 Å². The number of rotatable bonds is 5. The molecule has 6 nitrogen and oxygen atoms in total. The number of carbonyl (C=O) groups is 1. The van der Waals surface area contributed by atoms with Crippen LogP contribution < -0.4 is 15.7 Å². The highest BCUT2D eigenvalue weighted by atomic mass is 35.5. The van der Waals surface area contributed by atoms with Crippen molar-refractivity contribution in [3.8, 4) is 17.2 Å². The van der Waals surface area contributed by atoms with E-state index in [0.717, 1.165) is 5.56 Å². The largest absolute Gasteiger partial charge is 0.483 e. The van der Waals surface area contributed by atoms with Crippen molar-refractivity contribution in [3.05, 3.63) is 87.7 Å². The molecule has 1 heterocycles. The molecule has 0 saturated carbocycles. The van der Waals surface area contributed by atoms with E-state index in [0.29, 0.717) is 32.9 Å². The van der Waals surface area contributed by atoms with Crippen molar-refractivity contribution in [1.82, 2.24) is 4.98 Å². The van der Waals surface area contributed by atoms with Gasteiger partial charge in [-0.15, -0.1) is 0 Å². The molecule has 4 rings (SSSR count). The number of ether oxygens (including phenoxy) is 1. The summed E-state index contributed by atoms with van der Waals surface area (Å²) in [5.41, 5.74) is 2.19. The van der Waals surface area contributed by atoms with Gasteiger partial charge in [-0.25, -0.2) is 9.78 Å². The van der Waals surface area contributed by atoms with E-state index in [9.17, 15) is 9.59 Å². The third-order valence-electron chi connectivity index (χ3n) is 4.45. The summed E-state index contributed by atoms with van der Waals surface area (Å²) in [6.07, 6.45) is 0. The summed E-state index contributed by atoms with van der Waals surface area (Å²) in [6.45, 7) is 1.72. The second-order valence-corrected chi connectivity index (χ2v) is 7.08. The molecule has 0 atom stereocenters. The molecule has 0 radical (unpaired) electrons. The van der Waals surface area contributed by atoms with Gasteiger partial charge in [0.2, 0.25) is 5.89 Å². The molecule has 3 aromatic carbocycles. The van der Waals surface area contributed by atoms with E-state index in [1.54, 1.807) is 60.7 Å². The Morgan fingerprint density at radius 1 is 1.10 bits per heavy atom. The van der Waals surface area contributed by atoms with Crippen molar-refractivity contribution in [2.45, 2.75) is 6.92 Å². The lowest BCUT2D eigenvalue weighted by Crippen LogP contribution is -2.20. The Labute approximate surface area is 177 Å². The minimum atomic E-state index is -0.442. The molecule has 0 unspecified atom stereocenters. The van der Waals surface area contributed by atoms with E-state index < -0.39 is 5.63 Å². The number of carbonyl (C=O) groups excluding carboxylic acids is 1. The molecule has 1 amide bonds. The molecule has 7 heteroatoms. The molecule has 0 fully saturated rings. The number of amides is 1. The van der Waals surface area contributed by atoms with Gasteiger partial charge in [-0.2, -0.15) is 0 Å². The Bertz CT molecular complexity index is 1280. The minimum absolute atomic E-state index is 0.134. The van der Waals surface area contributed by atoms with Crippen molar-refractivity contribution in [2.24, 2.45) is 0 Å². The molecule has 0 saturated heterocycles. The lowest BCUT2D eigenvalue weighted by Gasteiger charge is -2.10.